The number of alkyl halides is 2. The molecule has 8 heteroatoms. The number of methoxy groups -OCH3 is 1. The number of halogens is 2. The Morgan fingerprint density at radius 3 is 2.73 bits per heavy atom. The van der Waals surface area contributed by atoms with Crippen molar-refractivity contribution in [3.63, 3.8) is 0 Å². The van der Waals surface area contributed by atoms with Gasteiger partial charge >= 0.3 is 0 Å². The molecule has 2 fully saturated rings. The summed E-state index contributed by atoms with van der Waals surface area (Å²) in [5, 5.41) is 0. The number of hydrogen-bond acceptors (Lipinski definition) is 5. The molecule has 0 aromatic carbocycles. The maximum Gasteiger partial charge on any atom is 0.262 e. The summed E-state index contributed by atoms with van der Waals surface area (Å²) in [5.41, 5.74) is 0.418. The smallest absolute Gasteiger partial charge is 0.262 e. The van der Waals surface area contributed by atoms with Crippen LogP contribution in [0.4, 0.5) is 8.78 Å². The number of nitrogens with zero attached hydrogens (tertiary/aromatic N) is 4. The minimum absolute atomic E-state index is 0.0397. The highest BCUT2D eigenvalue weighted by molar-refractivity contribution is 5.94. The van der Waals surface area contributed by atoms with Crippen LogP contribution in [0.2, 0.25) is 0 Å². The van der Waals surface area contributed by atoms with Crippen molar-refractivity contribution in [1.29, 1.82) is 0 Å². The Hall–Kier alpha value is -1.67. The van der Waals surface area contributed by atoms with Crippen molar-refractivity contribution in [3.8, 4) is 0 Å². The third kappa shape index (κ3) is 2.93. The van der Waals surface area contributed by atoms with Gasteiger partial charge in [0.25, 0.3) is 11.8 Å². The standard InChI is InChI=1S/C14H18F2N4O2/c1-22-7-11-2-14(15,16)8-20(11)12-5-19(6-12)13(21)10-3-17-9-18-4-10/h3-4,9,11-12H,2,5-8H2,1H3/t11-/m0/s1. The van der Waals surface area contributed by atoms with Gasteiger partial charge in [0.2, 0.25) is 0 Å². The maximum atomic E-state index is 13.6. The van der Waals surface area contributed by atoms with Crippen molar-refractivity contribution in [2.75, 3.05) is 33.4 Å². The predicted molar refractivity (Wildman–Crippen MR) is 73.7 cm³/mol. The van der Waals surface area contributed by atoms with Crippen molar-refractivity contribution >= 4 is 5.91 Å². The molecular formula is C14H18F2N4O2. The quantitative estimate of drug-likeness (QED) is 0.817. The van der Waals surface area contributed by atoms with E-state index in [4.69, 9.17) is 4.74 Å². The van der Waals surface area contributed by atoms with Gasteiger partial charge in [-0.1, -0.05) is 0 Å². The molecule has 1 aromatic rings. The molecule has 2 aliphatic rings. The van der Waals surface area contributed by atoms with Crippen LogP contribution in [-0.4, -0.2) is 77.0 Å². The number of hydrogen-bond donors (Lipinski definition) is 0. The van der Waals surface area contributed by atoms with Gasteiger partial charge in [0, 0.05) is 51.1 Å². The number of carbonyl (C=O) groups excluding carboxylic acids is 1. The average Bonchev–Trinajstić information content (AvgIpc) is 2.73. The van der Waals surface area contributed by atoms with Gasteiger partial charge in [-0.15, -0.1) is 0 Å². The lowest BCUT2D eigenvalue weighted by Crippen LogP contribution is -2.62. The van der Waals surface area contributed by atoms with Crippen LogP contribution in [0, 0.1) is 0 Å². The molecule has 1 amide bonds. The van der Waals surface area contributed by atoms with E-state index in [1.807, 2.05) is 0 Å². The molecular weight excluding hydrogens is 294 g/mol. The molecule has 0 radical (unpaired) electrons. The Morgan fingerprint density at radius 2 is 2.09 bits per heavy atom. The third-order valence-electron chi connectivity index (χ3n) is 4.20. The number of rotatable bonds is 4. The summed E-state index contributed by atoms with van der Waals surface area (Å²) in [6.07, 6.45) is 4.09. The number of carbonyl (C=O) groups is 1. The predicted octanol–water partition coefficient (Wildman–Crippen LogP) is 0.657. The molecule has 3 rings (SSSR count). The highest BCUT2D eigenvalue weighted by Gasteiger charge is 2.50. The largest absolute Gasteiger partial charge is 0.383 e. The van der Waals surface area contributed by atoms with E-state index in [2.05, 4.69) is 9.97 Å². The lowest BCUT2D eigenvalue weighted by atomic mass is 10.0. The van der Waals surface area contributed by atoms with E-state index in [9.17, 15) is 13.6 Å². The molecule has 0 N–H and O–H groups in total. The van der Waals surface area contributed by atoms with E-state index in [0.29, 0.717) is 18.7 Å². The van der Waals surface area contributed by atoms with Crippen molar-refractivity contribution in [2.45, 2.75) is 24.4 Å². The molecule has 6 nitrogen and oxygen atoms in total. The summed E-state index contributed by atoms with van der Waals surface area (Å²) in [4.78, 5) is 23.2. The Morgan fingerprint density at radius 1 is 1.41 bits per heavy atom. The highest BCUT2D eigenvalue weighted by Crippen LogP contribution is 2.35. The van der Waals surface area contributed by atoms with Crippen molar-refractivity contribution in [2.24, 2.45) is 0 Å². The number of likely N-dealkylation sites (tertiary alicyclic amines) is 2. The van der Waals surface area contributed by atoms with E-state index >= 15 is 0 Å². The molecule has 0 aliphatic carbocycles. The molecule has 0 saturated carbocycles. The van der Waals surface area contributed by atoms with Crippen molar-refractivity contribution in [3.05, 3.63) is 24.3 Å². The van der Waals surface area contributed by atoms with Crippen LogP contribution in [0.1, 0.15) is 16.8 Å². The lowest BCUT2D eigenvalue weighted by molar-refractivity contribution is -0.0136. The Kier molecular flexibility index (Phi) is 4.05. The van der Waals surface area contributed by atoms with Crippen LogP contribution < -0.4 is 0 Å². The Labute approximate surface area is 127 Å². The van der Waals surface area contributed by atoms with E-state index < -0.39 is 5.92 Å². The van der Waals surface area contributed by atoms with Crippen molar-refractivity contribution in [1.82, 2.24) is 19.8 Å². The molecule has 3 heterocycles. The van der Waals surface area contributed by atoms with Gasteiger partial charge < -0.3 is 9.64 Å². The fourth-order valence-electron chi connectivity index (χ4n) is 3.12. The first-order valence-corrected chi connectivity index (χ1v) is 7.17. The van der Waals surface area contributed by atoms with Gasteiger partial charge in [-0.25, -0.2) is 18.7 Å². The lowest BCUT2D eigenvalue weighted by Gasteiger charge is -2.45. The fourth-order valence-corrected chi connectivity index (χ4v) is 3.12. The second-order valence-corrected chi connectivity index (χ2v) is 5.83. The van der Waals surface area contributed by atoms with Crippen LogP contribution >= 0.6 is 0 Å². The maximum absolute atomic E-state index is 13.6. The minimum Gasteiger partial charge on any atom is -0.383 e. The first-order valence-electron chi connectivity index (χ1n) is 7.17. The zero-order valence-corrected chi connectivity index (χ0v) is 12.3. The molecule has 1 aromatic heterocycles. The van der Waals surface area contributed by atoms with Gasteiger partial charge in [0.05, 0.1) is 18.7 Å². The summed E-state index contributed by atoms with van der Waals surface area (Å²) in [6.45, 7) is 0.919. The highest BCUT2D eigenvalue weighted by atomic mass is 19.3. The second kappa shape index (κ2) is 5.85. The first-order chi connectivity index (χ1) is 10.5. The van der Waals surface area contributed by atoms with Crippen LogP contribution in [-0.2, 0) is 4.74 Å². The van der Waals surface area contributed by atoms with Gasteiger partial charge in [0.1, 0.15) is 6.33 Å². The second-order valence-electron chi connectivity index (χ2n) is 5.83. The molecule has 2 aliphatic heterocycles. The number of amides is 1. The van der Waals surface area contributed by atoms with E-state index in [0.717, 1.165) is 0 Å². The van der Waals surface area contributed by atoms with Crippen LogP contribution in [0.15, 0.2) is 18.7 Å². The minimum atomic E-state index is -2.68. The summed E-state index contributed by atoms with van der Waals surface area (Å²) in [7, 11) is 1.51. The molecule has 1 atom stereocenters. The van der Waals surface area contributed by atoms with Gasteiger partial charge in [-0.3, -0.25) is 9.69 Å². The van der Waals surface area contributed by atoms with Crippen molar-refractivity contribution < 1.29 is 18.3 Å². The summed E-state index contributed by atoms with van der Waals surface area (Å²) in [6, 6.07) is -0.329. The molecule has 0 bridgehead atoms. The Bertz CT molecular complexity index is 537. The van der Waals surface area contributed by atoms with Crippen LogP contribution in [0.5, 0.6) is 0 Å². The van der Waals surface area contributed by atoms with Gasteiger partial charge in [-0.05, 0) is 0 Å². The van der Waals surface area contributed by atoms with Gasteiger partial charge in [0.15, 0.2) is 0 Å². The molecule has 0 spiro atoms. The first kappa shape index (κ1) is 15.2. The number of aromatic nitrogens is 2. The van der Waals surface area contributed by atoms with E-state index in [1.54, 1.807) is 9.80 Å². The van der Waals surface area contributed by atoms with Crippen LogP contribution in [0.3, 0.4) is 0 Å². The monoisotopic (exact) mass is 312 g/mol. The summed E-state index contributed by atoms with van der Waals surface area (Å²) in [5.74, 6) is -2.84. The third-order valence-corrected chi connectivity index (χ3v) is 4.20. The normalized spacial score (nSPS) is 25.2. The SMILES string of the molecule is COC[C@@H]1CC(F)(F)CN1C1CN(C(=O)c2cncnc2)C1. The molecule has 22 heavy (non-hydrogen) atoms. The number of ether oxygens (including phenoxy) is 1. The fraction of sp³-hybridized carbons (Fsp3) is 0.643. The van der Waals surface area contributed by atoms with E-state index in [1.165, 1.54) is 25.8 Å². The zero-order valence-electron chi connectivity index (χ0n) is 12.3. The van der Waals surface area contributed by atoms with E-state index in [-0.39, 0.29) is 37.6 Å². The topological polar surface area (TPSA) is 58.6 Å². The van der Waals surface area contributed by atoms with Gasteiger partial charge in [-0.2, -0.15) is 0 Å². The molecule has 120 valence electrons. The zero-order chi connectivity index (χ0) is 15.7. The summed E-state index contributed by atoms with van der Waals surface area (Å²) < 4.78 is 32.3. The average molecular weight is 312 g/mol. The Balaban J connectivity index is 1.59. The van der Waals surface area contributed by atoms with Crippen LogP contribution in [0.25, 0.3) is 0 Å². The summed E-state index contributed by atoms with van der Waals surface area (Å²) >= 11 is 0. The molecule has 0 unspecified atom stereocenters. The molecule has 2 saturated heterocycles.